The van der Waals surface area contributed by atoms with Crippen LogP contribution in [0.1, 0.15) is 58.0 Å². The fourth-order valence-electron chi connectivity index (χ4n) is 3.58. The number of imide groups is 1. The fraction of sp³-hybridized carbons (Fsp3) is 0.333. The predicted octanol–water partition coefficient (Wildman–Crippen LogP) is 4.40. The van der Waals surface area contributed by atoms with Gasteiger partial charge in [0.05, 0.1) is 11.1 Å². The van der Waals surface area contributed by atoms with E-state index in [9.17, 15) is 19.2 Å². The summed E-state index contributed by atoms with van der Waals surface area (Å²) in [5.74, 6) is -2.31. The van der Waals surface area contributed by atoms with Crippen LogP contribution in [0, 0.1) is 13.8 Å². The van der Waals surface area contributed by atoms with Crippen molar-refractivity contribution in [2.75, 3.05) is 11.9 Å². The Morgan fingerprint density at radius 1 is 1.03 bits per heavy atom. The molecular formula is C24H25BrN2O5. The zero-order chi connectivity index (χ0) is 23.4. The van der Waals surface area contributed by atoms with E-state index in [2.05, 4.69) is 21.2 Å². The summed E-state index contributed by atoms with van der Waals surface area (Å²) < 4.78 is 6.16. The smallest absolute Gasteiger partial charge is 0.329 e. The lowest BCUT2D eigenvalue weighted by molar-refractivity contribution is -0.151. The maximum Gasteiger partial charge on any atom is 0.329 e. The van der Waals surface area contributed by atoms with Crippen molar-refractivity contribution in [3.8, 4) is 0 Å². The first-order chi connectivity index (χ1) is 15.3. The van der Waals surface area contributed by atoms with Gasteiger partial charge in [0, 0.05) is 10.2 Å². The van der Waals surface area contributed by atoms with E-state index < -0.39 is 36.3 Å². The normalized spacial score (nSPS) is 13.7. The second-order valence-corrected chi connectivity index (χ2v) is 8.54. The van der Waals surface area contributed by atoms with Crippen LogP contribution in [0.5, 0.6) is 0 Å². The quantitative estimate of drug-likeness (QED) is 0.428. The summed E-state index contributed by atoms with van der Waals surface area (Å²) in [6, 6.07) is 8.97. The number of nitrogens with zero attached hydrogens (tertiary/aromatic N) is 1. The molecule has 1 aliphatic rings. The average Bonchev–Trinajstić information content (AvgIpc) is 3.04. The summed E-state index contributed by atoms with van der Waals surface area (Å²) in [4.78, 5) is 51.8. The number of unbranched alkanes of at least 4 members (excludes halogenated alkanes) is 1. The molecule has 0 unspecified atom stereocenters. The van der Waals surface area contributed by atoms with Crippen LogP contribution in [0.15, 0.2) is 40.9 Å². The maximum atomic E-state index is 12.8. The van der Waals surface area contributed by atoms with Crippen LogP contribution in [-0.4, -0.2) is 41.2 Å². The molecule has 7 nitrogen and oxygen atoms in total. The van der Waals surface area contributed by atoms with Crippen molar-refractivity contribution in [3.63, 3.8) is 0 Å². The zero-order valence-electron chi connectivity index (χ0n) is 18.2. The number of esters is 1. The minimum Gasteiger partial charge on any atom is -0.454 e. The molecule has 0 fully saturated rings. The highest BCUT2D eigenvalue weighted by Crippen LogP contribution is 2.27. The van der Waals surface area contributed by atoms with Gasteiger partial charge in [-0.3, -0.25) is 19.3 Å². The Labute approximate surface area is 195 Å². The van der Waals surface area contributed by atoms with Gasteiger partial charge >= 0.3 is 5.97 Å². The molecule has 1 heterocycles. The largest absolute Gasteiger partial charge is 0.454 e. The summed E-state index contributed by atoms with van der Waals surface area (Å²) >= 11 is 3.44. The standard InChI is InChI=1S/C24H25BrN2O5/c1-4-5-10-20(27-22(29)16-8-6-7-9-17(16)23(27)30)24(31)32-13-21(28)26-19-12-11-18(25)14(2)15(19)3/h6-9,11-12,20H,4-5,10,13H2,1-3H3,(H,26,28)/t20-/m1/s1. The number of benzene rings is 2. The molecule has 32 heavy (non-hydrogen) atoms. The molecular weight excluding hydrogens is 476 g/mol. The van der Waals surface area contributed by atoms with Crippen LogP contribution >= 0.6 is 15.9 Å². The van der Waals surface area contributed by atoms with E-state index in [1.165, 1.54) is 0 Å². The molecule has 0 saturated carbocycles. The van der Waals surface area contributed by atoms with Crippen LogP contribution in [0.2, 0.25) is 0 Å². The fourth-order valence-corrected chi connectivity index (χ4v) is 4.01. The van der Waals surface area contributed by atoms with Crippen molar-refractivity contribution in [2.45, 2.75) is 46.1 Å². The minimum atomic E-state index is -1.08. The molecule has 1 aliphatic heterocycles. The number of fused-ring (bicyclic) bond motifs is 1. The van der Waals surface area contributed by atoms with E-state index in [1.807, 2.05) is 26.8 Å². The summed E-state index contributed by atoms with van der Waals surface area (Å²) in [6.45, 7) is 5.24. The van der Waals surface area contributed by atoms with Crippen LogP contribution in [-0.2, 0) is 14.3 Å². The van der Waals surface area contributed by atoms with E-state index in [-0.39, 0.29) is 17.5 Å². The molecule has 168 valence electrons. The van der Waals surface area contributed by atoms with Crippen LogP contribution in [0.3, 0.4) is 0 Å². The maximum absolute atomic E-state index is 12.8. The van der Waals surface area contributed by atoms with Gasteiger partial charge in [-0.05, 0) is 55.7 Å². The summed E-state index contributed by atoms with van der Waals surface area (Å²) in [5, 5.41) is 2.73. The zero-order valence-corrected chi connectivity index (χ0v) is 19.8. The topological polar surface area (TPSA) is 92.8 Å². The van der Waals surface area contributed by atoms with Crippen molar-refractivity contribution >= 4 is 45.3 Å². The second kappa shape index (κ2) is 10.1. The number of hydrogen-bond donors (Lipinski definition) is 1. The minimum absolute atomic E-state index is 0.269. The van der Waals surface area contributed by atoms with Crippen molar-refractivity contribution in [3.05, 3.63) is 63.1 Å². The van der Waals surface area contributed by atoms with E-state index in [1.54, 1.807) is 30.3 Å². The molecule has 0 bridgehead atoms. The number of nitrogens with one attached hydrogen (secondary N) is 1. The first kappa shape index (κ1) is 23.7. The number of rotatable bonds is 8. The molecule has 0 saturated heterocycles. The van der Waals surface area contributed by atoms with Gasteiger partial charge < -0.3 is 10.1 Å². The number of ether oxygens (including phenoxy) is 1. The lowest BCUT2D eigenvalue weighted by Gasteiger charge is -2.24. The molecule has 2 aromatic carbocycles. The first-order valence-electron chi connectivity index (χ1n) is 10.4. The average molecular weight is 501 g/mol. The number of halogens is 1. The molecule has 8 heteroatoms. The molecule has 0 spiro atoms. The summed E-state index contributed by atoms with van der Waals surface area (Å²) in [7, 11) is 0. The van der Waals surface area contributed by atoms with E-state index in [0.717, 1.165) is 26.9 Å². The molecule has 0 aromatic heterocycles. The van der Waals surface area contributed by atoms with E-state index in [0.29, 0.717) is 12.1 Å². The number of amides is 3. The Balaban J connectivity index is 1.69. The molecule has 3 amide bonds. The number of anilines is 1. The Kier molecular flexibility index (Phi) is 7.45. The second-order valence-electron chi connectivity index (χ2n) is 7.68. The highest BCUT2D eigenvalue weighted by molar-refractivity contribution is 9.10. The van der Waals surface area contributed by atoms with Crippen molar-refractivity contribution < 1.29 is 23.9 Å². The van der Waals surface area contributed by atoms with Crippen molar-refractivity contribution in [1.29, 1.82) is 0 Å². The Morgan fingerprint density at radius 2 is 1.66 bits per heavy atom. The molecule has 1 atom stereocenters. The van der Waals surface area contributed by atoms with Gasteiger partial charge in [0.2, 0.25) is 0 Å². The lowest BCUT2D eigenvalue weighted by atomic mass is 10.1. The summed E-state index contributed by atoms with van der Waals surface area (Å²) in [6.07, 6.45) is 1.67. The molecule has 1 N–H and O–H groups in total. The van der Waals surface area contributed by atoms with Crippen molar-refractivity contribution in [2.24, 2.45) is 0 Å². The van der Waals surface area contributed by atoms with Gasteiger partial charge in [0.25, 0.3) is 17.7 Å². The molecule has 0 aliphatic carbocycles. The highest BCUT2D eigenvalue weighted by atomic mass is 79.9. The predicted molar refractivity (Wildman–Crippen MR) is 123 cm³/mol. The third-order valence-electron chi connectivity index (χ3n) is 5.58. The first-order valence-corrected chi connectivity index (χ1v) is 11.2. The van der Waals surface area contributed by atoms with Gasteiger partial charge in [0.1, 0.15) is 6.04 Å². The van der Waals surface area contributed by atoms with Crippen LogP contribution in [0.25, 0.3) is 0 Å². The summed E-state index contributed by atoms with van der Waals surface area (Å²) in [5.41, 5.74) is 3.04. The van der Waals surface area contributed by atoms with Crippen LogP contribution < -0.4 is 5.32 Å². The molecule has 3 rings (SSSR count). The number of carbonyl (C=O) groups is 4. The molecule has 0 radical (unpaired) electrons. The van der Waals surface area contributed by atoms with E-state index in [4.69, 9.17) is 4.74 Å². The Hall–Kier alpha value is -3.00. The van der Waals surface area contributed by atoms with E-state index >= 15 is 0 Å². The molecule has 2 aromatic rings. The number of carbonyl (C=O) groups excluding carboxylic acids is 4. The third-order valence-corrected chi connectivity index (χ3v) is 6.44. The van der Waals surface area contributed by atoms with Crippen molar-refractivity contribution in [1.82, 2.24) is 4.90 Å². The van der Waals surface area contributed by atoms with Gasteiger partial charge in [-0.2, -0.15) is 0 Å². The monoisotopic (exact) mass is 500 g/mol. The van der Waals surface area contributed by atoms with Gasteiger partial charge in [0.15, 0.2) is 6.61 Å². The Bertz CT molecular complexity index is 1050. The lowest BCUT2D eigenvalue weighted by Crippen LogP contribution is -2.46. The Morgan fingerprint density at radius 3 is 2.25 bits per heavy atom. The SMILES string of the molecule is CCCC[C@H](C(=O)OCC(=O)Nc1ccc(Br)c(C)c1C)N1C(=O)c2ccccc2C1=O. The van der Waals surface area contributed by atoms with Crippen LogP contribution in [0.4, 0.5) is 5.69 Å². The third kappa shape index (κ3) is 4.75. The van der Waals surface area contributed by atoms with Gasteiger partial charge in [-0.1, -0.05) is 47.8 Å². The number of hydrogen-bond acceptors (Lipinski definition) is 5. The van der Waals surface area contributed by atoms with Gasteiger partial charge in [-0.15, -0.1) is 0 Å². The van der Waals surface area contributed by atoms with Gasteiger partial charge in [-0.25, -0.2) is 4.79 Å². The highest BCUT2D eigenvalue weighted by Gasteiger charge is 2.43.